The third-order valence-electron chi connectivity index (χ3n) is 3.75. The van der Waals surface area contributed by atoms with E-state index in [-0.39, 0.29) is 5.91 Å². The van der Waals surface area contributed by atoms with Crippen molar-refractivity contribution < 1.29 is 9.21 Å². The van der Waals surface area contributed by atoms with Gasteiger partial charge in [-0.05, 0) is 42.8 Å². The third-order valence-corrected chi connectivity index (χ3v) is 4.22. The molecule has 0 saturated carbocycles. The Morgan fingerprint density at radius 2 is 1.87 bits per heavy atom. The number of hydrogen-bond donors (Lipinski definition) is 0. The number of hydrogen-bond acceptors (Lipinski definition) is 2. The van der Waals surface area contributed by atoms with E-state index in [0.29, 0.717) is 27.9 Å². The van der Waals surface area contributed by atoms with Crippen LogP contribution in [0.5, 0.6) is 0 Å². The van der Waals surface area contributed by atoms with Crippen LogP contribution in [0.4, 0.5) is 0 Å². The van der Waals surface area contributed by atoms with Crippen LogP contribution in [0, 0.1) is 6.92 Å². The van der Waals surface area contributed by atoms with E-state index in [1.807, 2.05) is 31.2 Å². The van der Waals surface area contributed by atoms with E-state index in [9.17, 15) is 4.79 Å². The predicted octanol–water partition coefficient (Wildman–Crippen LogP) is 5.32. The van der Waals surface area contributed by atoms with Gasteiger partial charge in [-0.1, -0.05) is 35.3 Å². The summed E-state index contributed by atoms with van der Waals surface area (Å²) in [6, 6.07) is 12.8. The standard InChI is InChI=1S/C18H15Cl2NO2/c1-11-15-9-14(20)6-7-16(15)23-17(11)18(22)21(2)10-12-4-3-5-13(19)8-12/h3-9H,10H2,1-2H3. The van der Waals surface area contributed by atoms with Crippen molar-refractivity contribution in [3.05, 3.63) is 69.4 Å². The zero-order chi connectivity index (χ0) is 16.6. The van der Waals surface area contributed by atoms with Gasteiger partial charge in [0.05, 0.1) is 0 Å². The summed E-state index contributed by atoms with van der Waals surface area (Å²) in [5.74, 6) is 0.168. The molecular formula is C18H15Cl2NO2. The van der Waals surface area contributed by atoms with Gasteiger partial charge in [0, 0.05) is 34.6 Å². The van der Waals surface area contributed by atoms with Gasteiger partial charge in [-0.3, -0.25) is 4.79 Å². The van der Waals surface area contributed by atoms with Crippen molar-refractivity contribution in [1.29, 1.82) is 0 Å². The lowest BCUT2D eigenvalue weighted by atomic mass is 10.1. The summed E-state index contributed by atoms with van der Waals surface area (Å²) < 4.78 is 5.72. The highest BCUT2D eigenvalue weighted by Gasteiger charge is 2.21. The Balaban J connectivity index is 1.89. The van der Waals surface area contributed by atoms with Gasteiger partial charge in [0.25, 0.3) is 5.91 Å². The van der Waals surface area contributed by atoms with Crippen LogP contribution in [0.15, 0.2) is 46.9 Å². The summed E-state index contributed by atoms with van der Waals surface area (Å²) in [6.45, 7) is 2.32. The smallest absolute Gasteiger partial charge is 0.289 e. The second kappa shape index (κ2) is 6.26. The van der Waals surface area contributed by atoms with Gasteiger partial charge < -0.3 is 9.32 Å². The molecule has 0 aliphatic heterocycles. The molecule has 0 saturated heterocycles. The summed E-state index contributed by atoms with van der Waals surface area (Å²) in [4.78, 5) is 14.3. The zero-order valence-corrected chi connectivity index (χ0v) is 14.3. The molecule has 0 unspecified atom stereocenters. The van der Waals surface area contributed by atoms with Gasteiger partial charge in [-0.25, -0.2) is 0 Å². The molecule has 0 bridgehead atoms. The van der Waals surface area contributed by atoms with Gasteiger partial charge in [-0.2, -0.15) is 0 Å². The Morgan fingerprint density at radius 3 is 2.61 bits per heavy atom. The van der Waals surface area contributed by atoms with Crippen molar-refractivity contribution >= 4 is 40.1 Å². The second-order valence-corrected chi connectivity index (χ2v) is 6.36. The lowest BCUT2D eigenvalue weighted by molar-refractivity contribution is 0.0755. The van der Waals surface area contributed by atoms with E-state index in [1.54, 1.807) is 30.1 Å². The molecule has 3 nitrogen and oxygen atoms in total. The maximum Gasteiger partial charge on any atom is 0.289 e. The lowest BCUT2D eigenvalue weighted by Gasteiger charge is -2.16. The van der Waals surface area contributed by atoms with Crippen LogP contribution in [0.1, 0.15) is 21.7 Å². The minimum atomic E-state index is -0.171. The fourth-order valence-corrected chi connectivity index (χ4v) is 2.94. The number of rotatable bonds is 3. The summed E-state index contributed by atoms with van der Waals surface area (Å²) >= 11 is 12.0. The summed E-state index contributed by atoms with van der Waals surface area (Å²) in [7, 11) is 1.74. The Labute approximate surface area is 144 Å². The molecule has 0 spiro atoms. The zero-order valence-electron chi connectivity index (χ0n) is 12.8. The molecular weight excluding hydrogens is 333 g/mol. The summed E-state index contributed by atoms with van der Waals surface area (Å²) in [5, 5.41) is 2.13. The quantitative estimate of drug-likeness (QED) is 0.642. The van der Waals surface area contributed by atoms with E-state index >= 15 is 0 Å². The summed E-state index contributed by atoms with van der Waals surface area (Å²) in [5.41, 5.74) is 2.42. The first-order valence-electron chi connectivity index (χ1n) is 7.14. The number of aryl methyl sites for hydroxylation is 1. The van der Waals surface area contributed by atoms with E-state index in [0.717, 1.165) is 16.5 Å². The number of fused-ring (bicyclic) bond motifs is 1. The highest BCUT2D eigenvalue weighted by molar-refractivity contribution is 6.31. The molecule has 1 aromatic heterocycles. The van der Waals surface area contributed by atoms with Crippen molar-refractivity contribution in [1.82, 2.24) is 4.90 Å². The van der Waals surface area contributed by atoms with Crippen LogP contribution in [-0.2, 0) is 6.54 Å². The van der Waals surface area contributed by atoms with Crippen LogP contribution < -0.4 is 0 Å². The molecule has 118 valence electrons. The molecule has 0 atom stereocenters. The van der Waals surface area contributed by atoms with Crippen LogP contribution in [0.25, 0.3) is 11.0 Å². The molecule has 3 rings (SSSR count). The second-order valence-electron chi connectivity index (χ2n) is 5.49. The largest absolute Gasteiger partial charge is 0.451 e. The van der Waals surface area contributed by atoms with Gasteiger partial charge in [0.15, 0.2) is 5.76 Å². The van der Waals surface area contributed by atoms with Crippen molar-refractivity contribution in [2.75, 3.05) is 7.05 Å². The SMILES string of the molecule is Cc1c(C(=O)N(C)Cc2cccc(Cl)c2)oc2ccc(Cl)cc12. The molecule has 23 heavy (non-hydrogen) atoms. The third kappa shape index (κ3) is 3.21. The minimum absolute atomic E-state index is 0.171. The van der Waals surface area contributed by atoms with E-state index in [2.05, 4.69) is 0 Å². The number of halogens is 2. The number of amides is 1. The van der Waals surface area contributed by atoms with Gasteiger partial charge in [-0.15, -0.1) is 0 Å². The average molecular weight is 348 g/mol. The molecule has 5 heteroatoms. The van der Waals surface area contributed by atoms with Gasteiger partial charge in [0.1, 0.15) is 5.58 Å². The topological polar surface area (TPSA) is 33.5 Å². The van der Waals surface area contributed by atoms with Crippen molar-refractivity contribution in [3.63, 3.8) is 0 Å². The van der Waals surface area contributed by atoms with Crippen LogP contribution >= 0.6 is 23.2 Å². The molecule has 2 aromatic carbocycles. The number of benzene rings is 2. The first-order valence-corrected chi connectivity index (χ1v) is 7.90. The predicted molar refractivity (Wildman–Crippen MR) is 93.2 cm³/mol. The maximum atomic E-state index is 12.7. The molecule has 0 N–H and O–H groups in total. The fourth-order valence-electron chi connectivity index (χ4n) is 2.55. The molecule has 3 aromatic rings. The van der Waals surface area contributed by atoms with E-state index in [4.69, 9.17) is 27.6 Å². The highest BCUT2D eigenvalue weighted by atomic mass is 35.5. The first kappa shape index (κ1) is 15.9. The summed E-state index contributed by atoms with van der Waals surface area (Å²) in [6.07, 6.45) is 0. The highest BCUT2D eigenvalue weighted by Crippen LogP contribution is 2.28. The molecule has 1 amide bonds. The molecule has 0 aliphatic carbocycles. The molecule has 1 heterocycles. The van der Waals surface area contributed by atoms with E-state index in [1.165, 1.54) is 0 Å². The van der Waals surface area contributed by atoms with Crippen LogP contribution in [-0.4, -0.2) is 17.9 Å². The normalized spacial score (nSPS) is 11.0. The maximum absolute atomic E-state index is 12.7. The van der Waals surface area contributed by atoms with Crippen molar-refractivity contribution in [2.45, 2.75) is 13.5 Å². The van der Waals surface area contributed by atoms with Crippen molar-refractivity contribution in [2.24, 2.45) is 0 Å². The van der Waals surface area contributed by atoms with Gasteiger partial charge >= 0.3 is 0 Å². The number of furan rings is 1. The average Bonchev–Trinajstić information content (AvgIpc) is 2.83. The Bertz CT molecular complexity index is 886. The van der Waals surface area contributed by atoms with Crippen LogP contribution in [0.2, 0.25) is 10.0 Å². The van der Waals surface area contributed by atoms with E-state index < -0.39 is 0 Å². The van der Waals surface area contributed by atoms with Crippen LogP contribution in [0.3, 0.4) is 0 Å². The number of carbonyl (C=O) groups is 1. The Hall–Kier alpha value is -1.97. The fraction of sp³-hybridized carbons (Fsp3) is 0.167. The molecule has 0 aliphatic rings. The van der Waals surface area contributed by atoms with Crippen molar-refractivity contribution in [3.8, 4) is 0 Å². The first-order chi connectivity index (χ1) is 11.0. The molecule has 0 radical (unpaired) electrons. The Kier molecular flexibility index (Phi) is 4.33. The Morgan fingerprint density at radius 1 is 1.13 bits per heavy atom. The monoisotopic (exact) mass is 347 g/mol. The number of nitrogens with zero attached hydrogens (tertiary/aromatic N) is 1. The van der Waals surface area contributed by atoms with Gasteiger partial charge in [0.2, 0.25) is 0 Å². The lowest BCUT2D eigenvalue weighted by Crippen LogP contribution is -2.26. The minimum Gasteiger partial charge on any atom is -0.451 e. The number of carbonyl (C=O) groups excluding carboxylic acids is 1. The molecule has 0 fully saturated rings.